The lowest BCUT2D eigenvalue weighted by Crippen LogP contribution is -2.15. The quantitative estimate of drug-likeness (QED) is 0.127. The molecule has 0 amide bonds. The molecule has 0 unspecified atom stereocenters. The van der Waals surface area contributed by atoms with Crippen LogP contribution in [0.1, 0.15) is 74.9 Å². The summed E-state index contributed by atoms with van der Waals surface area (Å²) < 4.78 is 14.6. The van der Waals surface area contributed by atoms with E-state index >= 15 is 0 Å². The highest BCUT2D eigenvalue weighted by Crippen LogP contribution is 2.53. The van der Waals surface area contributed by atoms with Crippen LogP contribution in [0.4, 0.5) is 34.1 Å². The highest BCUT2D eigenvalue weighted by molar-refractivity contribution is 6.11. The summed E-state index contributed by atoms with van der Waals surface area (Å²) in [6, 6.07) is 128. The average Bonchev–Trinajstić information content (AvgIpc) is 1.60. The molecule has 0 spiro atoms. The number of rotatable bonds is 10. The van der Waals surface area contributed by atoms with Crippen LogP contribution in [0, 0.1) is 0 Å². The van der Waals surface area contributed by atoms with Gasteiger partial charge in [-0.05, 0) is 216 Å². The van der Waals surface area contributed by atoms with E-state index in [1.807, 2.05) is 24.3 Å². The maximum Gasteiger partial charge on any atom is 0.143 e. The highest BCUT2D eigenvalue weighted by atomic mass is 16.3. The first-order valence-corrected chi connectivity index (χ1v) is 38.5. The van der Waals surface area contributed by atoms with Crippen molar-refractivity contribution < 1.29 is 8.83 Å². The molecule has 3 heterocycles. The number of furan rings is 2. The lowest BCUT2D eigenvalue weighted by molar-refractivity contribution is 0.660. The molecule has 3 N–H and O–H groups in total. The second kappa shape index (κ2) is 26.3. The molecule has 3 aromatic heterocycles. The maximum atomic E-state index is 6.24. The van der Waals surface area contributed by atoms with Crippen molar-refractivity contribution >= 4 is 99.8 Å². The minimum absolute atomic E-state index is 0.00113. The number of nitrogens with one attached hydrogen (secondary N) is 3. The van der Waals surface area contributed by atoms with Gasteiger partial charge in [0.25, 0.3) is 0 Å². The molecule has 111 heavy (non-hydrogen) atoms. The predicted molar refractivity (Wildman–Crippen MR) is 466 cm³/mol. The molecule has 0 fully saturated rings. The number of aromatic nitrogens is 1. The Labute approximate surface area is 646 Å². The van der Waals surface area contributed by atoms with E-state index in [0.717, 1.165) is 89.1 Å². The van der Waals surface area contributed by atoms with Gasteiger partial charge >= 0.3 is 0 Å². The van der Waals surface area contributed by atoms with Crippen molar-refractivity contribution in [2.75, 3.05) is 16.0 Å². The number of para-hydroxylation sites is 5. The first-order chi connectivity index (χ1) is 54.2. The molecule has 16 aromatic carbocycles. The molecule has 19 aromatic rings. The number of benzene rings is 16. The van der Waals surface area contributed by atoms with Gasteiger partial charge in [0.1, 0.15) is 22.3 Å². The predicted octanol–water partition coefficient (Wildman–Crippen LogP) is 29.1. The zero-order chi connectivity index (χ0) is 74.7. The monoisotopic (exact) mass is 1430 g/mol. The Hall–Kier alpha value is -13.7. The second-order valence-corrected chi connectivity index (χ2v) is 31.4. The summed E-state index contributed by atoms with van der Waals surface area (Å²) in [7, 11) is 0. The molecule has 6 heteroatoms. The fourth-order valence-corrected chi connectivity index (χ4v) is 18.0. The molecule has 22 rings (SSSR count). The van der Waals surface area contributed by atoms with Gasteiger partial charge in [0, 0.05) is 93.9 Å². The van der Waals surface area contributed by atoms with Crippen molar-refractivity contribution in [2.24, 2.45) is 0 Å². The largest absolute Gasteiger partial charge is 0.456 e. The van der Waals surface area contributed by atoms with E-state index in [2.05, 4.69) is 396 Å². The summed E-state index contributed by atoms with van der Waals surface area (Å²) in [5.41, 5.74) is 37.4. The molecule has 0 saturated carbocycles. The van der Waals surface area contributed by atoms with E-state index < -0.39 is 0 Å². The van der Waals surface area contributed by atoms with Crippen LogP contribution in [0.5, 0.6) is 0 Å². The maximum absolute atomic E-state index is 6.24. The van der Waals surface area contributed by atoms with Gasteiger partial charge in [0.05, 0.1) is 11.0 Å². The Bertz CT molecular complexity index is 6800. The third-order valence-electron chi connectivity index (χ3n) is 23.7. The minimum Gasteiger partial charge on any atom is -0.456 e. The van der Waals surface area contributed by atoms with Crippen molar-refractivity contribution in [3.05, 3.63) is 391 Å². The third kappa shape index (κ3) is 11.5. The van der Waals surface area contributed by atoms with Crippen LogP contribution in [0.15, 0.2) is 367 Å². The first kappa shape index (κ1) is 66.7. The number of anilines is 6. The number of hydrogen-bond donors (Lipinski definition) is 3. The SMILES string of the molecule is CC1(C)c2ccccc2-c2ccc(Nc3ccc(-c4ccc(-n5c6ccccc6c6ccccc65)cc4)cc3)cc21.CC1(C)c2ccccc2-c2ccc(Nc3ccc(-c4ccc5oc6ccccc6c5c4)cc3)cc21.CC1(C)c2ccccc2-c2ccc(Nc3ccc(-c4cccc5c4oc4ccccc45)cc3)cc21. The Morgan fingerprint density at radius 1 is 0.216 bits per heavy atom. The summed E-state index contributed by atoms with van der Waals surface area (Å²) in [6.07, 6.45) is 0. The van der Waals surface area contributed by atoms with Crippen molar-refractivity contribution in [3.63, 3.8) is 0 Å². The Balaban J connectivity index is 0.000000109. The molecule has 0 atom stereocenters. The second-order valence-electron chi connectivity index (χ2n) is 31.4. The Morgan fingerprint density at radius 2 is 0.541 bits per heavy atom. The van der Waals surface area contributed by atoms with Crippen molar-refractivity contribution in [1.29, 1.82) is 0 Å². The van der Waals surface area contributed by atoms with Gasteiger partial charge in [-0.15, -0.1) is 0 Å². The summed E-state index contributed by atoms with van der Waals surface area (Å²) in [6.45, 7) is 13.9. The smallest absolute Gasteiger partial charge is 0.143 e. The van der Waals surface area contributed by atoms with Gasteiger partial charge in [-0.2, -0.15) is 0 Å². The van der Waals surface area contributed by atoms with E-state index in [0.29, 0.717) is 0 Å². The zero-order valence-corrected chi connectivity index (χ0v) is 62.8. The van der Waals surface area contributed by atoms with Crippen molar-refractivity contribution in [1.82, 2.24) is 4.57 Å². The third-order valence-corrected chi connectivity index (χ3v) is 23.7. The average molecular weight is 1430 g/mol. The number of hydrogen-bond acceptors (Lipinski definition) is 5. The summed E-state index contributed by atoms with van der Waals surface area (Å²) in [4.78, 5) is 0. The normalized spacial score (nSPS) is 13.5. The van der Waals surface area contributed by atoms with Crippen LogP contribution < -0.4 is 16.0 Å². The number of fused-ring (bicyclic) bond motifs is 18. The minimum atomic E-state index is -0.00125. The van der Waals surface area contributed by atoms with Crippen LogP contribution in [-0.4, -0.2) is 4.57 Å². The van der Waals surface area contributed by atoms with Gasteiger partial charge < -0.3 is 29.4 Å². The van der Waals surface area contributed by atoms with Gasteiger partial charge in [-0.1, -0.05) is 278 Å². The van der Waals surface area contributed by atoms with Crippen molar-refractivity contribution in [2.45, 2.75) is 57.8 Å². The molecule has 532 valence electrons. The fourth-order valence-electron chi connectivity index (χ4n) is 18.0. The lowest BCUT2D eigenvalue weighted by atomic mass is 9.82. The molecule has 0 radical (unpaired) electrons. The van der Waals surface area contributed by atoms with E-state index in [4.69, 9.17) is 8.83 Å². The van der Waals surface area contributed by atoms with E-state index in [-0.39, 0.29) is 16.2 Å². The Morgan fingerprint density at radius 3 is 1.01 bits per heavy atom. The zero-order valence-electron chi connectivity index (χ0n) is 62.8. The molecule has 3 aliphatic rings. The van der Waals surface area contributed by atoms with Crippen LogP contribution in [0.3, 0.4) is 0 Å². The van der Waals surface area contributed by atoms with Crippen LogP contribution in [0.25, 0.3) is 138 Å². The van der Waals surface area contributed by atoms with E-state index in [1.165, 1.54) is 117 Å². The Kier molecular flexibility index (Phi) is 15.8. The summed E-state index contributed by atoms with van der Waals surface area (Å²) >= 11 is 0. The van der Waals surface area contributed by atoms with Gasteiger partial charge in [0.15, 0.2) is 0 Å². The van der Waals surface area contributed by atoms with Crippen LogP contribution >= 0.6 is 0 Å². The van der Waals surface area contributed by atoms with Crippen LogP contribution in [-0.2, 0) is 16.2 Å². The van der Waals surface area contributed by atoms with E-state index in [1.54, 1.807) is 0 Å². The van der Waals surface area contributed by atoms with Gasteiger partial charge in [-0.3, -0.25) is 0 Å². The van der Waals surface area contributed by atoms with Gasteiger partial charge in [0.2, 0.25) is 0 Å². The lowest BCUT2D eigenvalue weighted by Gasteiger charge is -2.22. The van der Waals surface area contributed by atoms with Crippen molar-refractivity contribution in [3.8, 4) is 72.4 Å². The highest BCUT2D eigenvalue weighted by Gasteiger charge is 2.38. The fraction of sp³-hybridized carbons (Fsp3) is 0.0857. The standard InChI is InChI=1S/C39H30N2.2C33H25NO/c1-39(2)35-12-6-3-9-31(35)32-24-21-29(25-36(32)39)40-28-19-15-26(16-20-28)27-17-22-30(23-18-27)41-37-13-7-4-10-33(37)34-11-5-8-14-38(34)41;1-33(2)29-12-5-3-8-25(29)26-19-18-23(20-30(26)33)34-22-16-14-21(15-17-22)24-10-7-11-28-27-9-4-6-13-31(27)35-32(24)28;1-33(2)29-9-5-3-7-25(29)26-17-16-24(20-30(26)33)34-23-14-11-21(12-15-23)22-13-18-32-28(19-22)27-8-4-6-10-31(27)35-32/h3-25,40H,1-2H3;2*3-20,34H,1-2H3. The molecule has 3 aliphatic carbocycles. The summed E-state index contributed by atoms with van der Waals surface area (Å²) in [5.74, 6) is 0. The van der Waals surface area contributed by atoms with E-state index in [9.17, 15) is 0 Å². The summed E-state index contributed by atoms with van der Waals surface area (Å²) in [5, 5.41) is 18.0. The number of nitrogens with zero attached hydrogens (tertiary/aromatic N) is 1. The molecule has 0 saturated heterocycles. The first-order valence-electron chi connectivity index (χ1n) is 38.5. The molecular weight excluding hydrogens is 1350 g/mol. The molecule has 0 bridgehead atoms. The molecule has 0 aliphatic heterocycles. The van der Waals surface area contributed by atoms with Gasteiger partial charge in [-0.25, -0.2) is 0 Å². The van der Waals surface area contributed by atoms with Crippen LogP contribution in [0.2, 0.25) is 0 Å². The topological polar surface area (TPSA) is 67.3 Å². The molecular formula is C105H80N4O2. The molecule has 6 nitrogen and oxygen atoms in total.